The molecule has 0 spiro atoms. The molecule has 3 heterocycles. The van der Waals surface area contributed by atoms with E-state index in [0.717, 1.165) is 19.6 Å². The summed E-state index contributed by atoms with van der Waals surface area (Å²) in [5, 5.41) is 7.08. The van der Waals surface area contributed by atoms with Crippen molar-refractivity contribution in [2.75, 3.05) is 49.5 Å². The first kappa shape index (κ1) is 17.1. The minimum absolute atomic E-state index is 1.10. The molecule has 0 saturated carbocycles. The fourth-order valence-electron chi connectivity index (χ4n) is 4.49. The highest BCUT2D eigenvalue weighted by molar-refractivity contribution is 7.17. The molecule has 140 valence electrons. The number of thiophene rings is 1. The zero-order valence-electron chi connectivity index (χ0n) is 15.8. The second kappa shape index (κ2) is 7.53. The molecule has 3 aromatic rings. The molecule has 4 heteroatoms. The number of benzene rings is 2. The summed E-state index contributed by atoms with van der Waals surface area (Å²) in [7, 11) is 0. The molecule has 1 fully saturated rings. The van der Waals surface area contributed by atoms with Crippen LogP contribution in [0.2, 0.25) is 0 Å². The Kier molecular flexibility index (Phi) is 4.76. The van der Waals surface area contributed by atoms with Crippen molar-refractivity contribution in [3.63, 3.8) is 0 Å². The summed E-state index contributed by atoms with van der Waals surface area (Å²) in [6.45, 7) is 6.94. The van der Waals surface area contributed by atoms with Crippen molar-refractivity contribution in [2.24, 2.45) is 0 Å². The third-order valence-electron chi connectivity index (χ3n) is 6.01. The van der Waals surface area contributed by atoms with Gasteiger partial charge in [-0.15, -0.1) is 11.3 Å². The van der Waals surface area contributed by atoms with Crippen LogP contribution in [0.25, 0.3) is 10.1 Å². The minimum atomic E-state index is 1.10. The van der Waals surface area contributed by atoms with E-state index in [1.807, 2.05) is 11.3 Å². The van der Waals surface area contributed by atoms with Gasteiger partial charge in [-0.3, -0.25) is 4.90 Å². The summed E-state index contributed by atoms with van der Waals surface area (Å²) in [5.74, 6) is 0. The molecule has 1 aromatic heterocycles. The SMILES string of the molecule is c1cc(N2CCN(CCCc3ccc4c(c3)CCN4)CC2)c2ccsc2c1. The lowest BCUT2D eigenvalue weighted by Gasteiger charge is -2.36. The van der Waals surface area contributed by atoms with Crippen LogP contribution in [0.3, 0.4) is 0 Å². The van der Waals surface area contributed by atoms with E-state index in [2.05, 4.69) is 63.0 Å². The Balaban J connectivity index is 1.13. The Morgan fingerprint density at radius 2 is 1.93 bits per heavy atom. The van der Waals surface area contributed by atoms with E-state index in [4.69, 9.17) is 0 Å². The quantitative estimate of drug-likeness (QED) is 0.700. The van der Waals surface area contributed by atoms with Gasteiger partial charge in [0.1, 0.15) is 0 Å². The van der Waals surface area contributed by atoms with Crippen molar-refractivity contribution < 1.29 is 0 Å². The summed E-state index contributed by atoms with van der Waals surface area (Å²) in [5.41, 5.74) is 5.76. The van der Waals surface area contributed by atoms with Crippen molar-refractivity contribution in [3.05, 3.63) is 59.0 Å². The number of rotatable bonds is 5. The van der Waals surface area contributed by atoms with Gasteiger partial charge in [-0.1, -0.05) is 18.2 Å². The Morgan fingerprint density at radius 1 is 1.00 bits per heavy atom. The van der Waals surface area contributed by atoms with Crippen LogP contribution in [0.4, 0.5) is 11.4 Å². The van der Waals surface area contributed by atoms with Crippen molar-refractivity contribution in [3.8, 4) is 0 Å². The maximum Gasteiger partial charge on any atom is 0.0455 e. The third kappa shape index (κ3) is 3.56. The Hall–Kier alpha value is -2.04. The number of nitrogens with zero attached hydrogens (tertiary/aromatic N) is 2. The van der Waals surface area contributed by atoms with Gasteiger partial charge in [0, 0.05) is 54.2 Å². The summed E-state index contributed by atoms with van der Waals surface area (Å²) < 4.78 is 1.40. The number of aryl methyl sites for hydroxylation is 1. The normalized spacial score (nSPS) is 17.3. The van der Waals surface area contributed by atoms with Gasteiger partial charge in [0.2, 0.25) is 0 Å². The molecule has 1 N–H and O–H groups in total. The van der Waals surface area contributed by atoms with Gasteiger partial charge < -0.3 is 10.2 Å². The van der Waals surface area contributed by atoms with Crippen LogP contribution in [-0.4, -0.2) is 44.2 Å². The molecular formula is C23H27N3S. The molecule has 0 atom stereocenters. The van der Waals surface area contributed by atoms with Gasteiger partial charge in [0.25, 0.3) is 0 Å². The van der Waals surface area contributed by atoms with E-state index in [9.17, 15) is 0 Å². The molecule has 0 bridgehead atoms. The van der Waals surface area contributed by atoms with E-state index in [-0.39, 0.29) is 0 Å². The number of anilines is 2. The molecule has 0 aliphatic carbocycles. The van der Waals surface area contributed by atoms with Crippen LogP contribution >= 0.6 is 11.3 Å². The summed E-state index contributed by atoms with van der Waals surface area (Å²) in [6, 6.07) is 16.0. The second-order valence-corrected chi connectivity index (χ2v) is 8.66. The third-order valence-corrected chi connectivity index (χ3v) is 6.89. The average molecular weight is 378 g/mol. The number of nitrogens with one attached hydrogen (secondary N) is 1. The van der Waals surface area contributed by atoms with E-state index in [1.54, 1.807) is 0 Å². The number of piperazine rings is 1. The van der Waals surface area contributed by atoms with Crippen molar-refractivity contribution in [1.82, 2.24) is 4.90 Å². The topological polar surface area (TPSA) is 18.5 Å². The first-order valence-corrected chi connectivity index (χ1v) is 11.0. The molecule has 0 unspecified atom stereocenters. The highest BCUT2D eigenvalue weighted by Crippen LogP contribution is 2.31. The predicted octanol–water partition coefficient (Wildman–Crippen LogP) is 4.62. The molecule has 0 radical (unpaired) electrons. The number of hydrogen-bond acceptors (Lipinski definition) is 4. The molecule has 27 heavy (non-hydrogen) atoms. The summed E-state index contributed by atoms with van der Waals surface area (Å²) in [4.78, 5) is 5.21. The molecule has 3 nitrogen and oxygen atoms in total. The molecule has 5 rings (SSSR count). The van der Waals surface area contributed by atoms with Crippen LogP contribution in [-0.2, 0) is 12.8 Å². The fraction of sp³-hybridized carbons (Fsp3) is 0.391. The smallest absolute Gasteiger partial charge is 0.0455 e. The average Bonchev–Trinajstić information content (AvgIpc) is 3.37. The largest absolute Gasteiger partial charge is 0.384 e. The number of fused-ring (bicyclic) bond motifs is 2. The van der Waals surface area contributed by atoms with Gasteiger partial charge in [-0.2, -0.15) is 0 Å². The first-order valence-electron chi connectivity index (χ1n) is 10.2. The van der Waals surface area contributed by atoms with Gasteiger partial charge in [0.05, 0.1) is 0 Å². The lowest BCUT2D eigenvalue weighted by molar-refractivity contribution is 0.255. The van der Waals surface area contributed by atoms with E-state index in [1.165, 1.54) is 71.5 Å². The lowest BCUT2D eigenvalue weighted by atomic mass is 10.0. The van der Waals surface area contributed by atoms with Crippen molar-refractivity contribution in [2.45, 2.75) is 19.3 Å². The van der Waals surface area contributed by atoms with Crippen molar-refractivity contribution >= 4 is 32.8 Å². The zero-order valence-corrected chi connectivity index (χ0v) is 16.6. The van der Waals surface area contributed by atoms with Crippen LogP contribution in [0, 0.1) is 0 Å². The van der Waals surface area contributed by atoms with Crippen LogP contribution in [0.15, 0.2) is 47.8 Å². The first-order chi connectivity index (χ1) is 13.4. The van der Waals surface area contributed by atoms with Gasteiger partial charge >= 0.3 is 0 Å². The van der Waals surface area contributed by atoms with Gasteiger partial charge in [0.15, 0.2) is 0 Å². The standard InChI is InChI=1S/C23H27N3S/c1-4-22(20-9-16-27-23(20)5-1)26-14-12-25(13-15-26)11-2-3-18-6-7-21-19(17-18)8-10-24-21/h1,4-7,9,16-17,24H,2-3,8,10-15H2. The summed E-state index contributed by atoms with van der Waals surface area (Å²) in [6.07, 6.45) is 3.63. The van der Waals surface area contributed by atoms with Crippen LogP contribution < -0.4 is 10.2 Å². The maximum atomic E-state index is 3.45. The highest BCUT2D eigenvalue weighted by atomic mass is 32.1. The number of hydrogen-bond donors (Lipinski definition) is 1. The summed E-state index contributed by atoms with van der Waals surface area (Å²) >= 11 is 1.84. The molecular weight excluding hydrogens is 350 g/mol. The Labute approximate surface area is 165 Å². The zero-order chi connectivity index (χ0) is 18.1. The molecule has 2 aliphatic heterocycles. The monoisotopic (exact) mass is 377 g/mol. The Bertz CT molecular complexity index is 924. The molecule has 2 aliphatic rings. The molecule has 2 aromatic carbocycles. The van der Waals surface area contributed by atoms with E-state index in [0.29, 0.717) is 0 Å². The van der Waals surface area contributed by atoms with Crippen molar-refractivity contribution in [1.29, 1.82) is 0 Å². The highest BCUT2D eigenvalue weighted by Gasteiger charge is 2.18. The van der Waals surface area contributed by atoms with Crippen LogP contribution in [0.1, 0.15) is 17.5 Å². The minimum Gasteiger partial charge on any atom is -0.384 e. The van der Waals surface area contributed by atoms with Gasteiger partial charge in [-0.05, 0) is 66.6 Å². The molecule has 0 amide bonds. The van der Waals surface area contributed by atoms with E-state index >= 15 is 0 Å². The van der Waals surface area contributed by atoms with E-state index < -0.39 is 0 Å². The fourth-order valence-corrected chi connectivity index (χ4v) is 5.29. The Morgan fingerprint density at radius 3 is 2.85 bits per heavy atom. The maximum absolute atomic E-state index is 3.45. The van der Waals surface area contributed by atoms with Crippen LogP contribution in [0.5, 0.6) is 0 Å². The van der Waals surface area contributed by atoms with Gasteiger partial charge in [-0.25, -0.2) is 0 Å². The predicted molar refractivity (Wildman–Crippen MR) is 117 cm³/mol. The molecule has 1 saturated heterocycles. The lowest BCUT2D eigenvalue weighted by Crippen LogP contribution is -2.46. The second-order valence-electron chi connectivity index (χ2n) is 7.71.